The summed E-state index contributed by atoms with van der Waals surface area (Å²) in [7, 11) is 1.61. The average molecular weight is 399 g/mol. The van der Waals surface area contributed by atoms with Crippen LogP contribution in [0.15, 0.2) is 22.6 Å². The number of ether oxygens (including phenoxy) is 1. The molecule has 4 aliphatic rings. The minimum Gasteiger partial charge on any atom is -0.504 e. The van der Waals surface area contributed by atoms with Crippen LogP contribution in [0.1, 0.15) is 49.7 Å². The summed E-state index contributed by atoms with van der Waals surface area (Å²) in [4.78, 5) is 4.14. The maximum absolute atomic E-state index is 11.0. The number of nitrogens with one attached hydrogen (secondary N) is 1. The quantitative estimate of drug-likeness (QED) is 0.514. The van der Waals surface area contributed by atoms with Crippen LogP contribution in [0, 0.1) is 17.8 Å². The number of aromatic hydroxyl groups is 1. The maximum Gasteiger partial charge on any atom is 0.205 e. The Morgan fingerprint density at radius 1 is 1.25 bits per heavy atom. The van der Waals surface area contributed by atoms with E-state index in [0.29, 0.717) is 22.4 Å². The molecule has 0 saturated heterocycles. The van der Waals surface area contributed by atoms with Crippen LogP contribution >= 0.6 is 11.3 Å². The third-order valence-electron chi connectivity index (χ3n) is 6.82. The van der Waals surface area contributed by atoms with Crippen molar-refractivity contribution in [3.8, 4) is 11.5 Å². The SMILES string of the molecule is COc1cc(C=NNc2nc(N)cs2)cc(C23CC4CC(CC(C4)C2)C3)c1O. The van der Waals surface area contributed by atoms with E-state index in [1.807, 2.05) is 6.07 Å². The summed E-state index contributed by atoms with van der Waals surface area (Å²) >= 11 is 1.41. The van der Waals surface area contributed by atoms with Gasteiger partial charge in [0.2, 0.25) is 5.13 Å². The lowest BCUT2D eigenvalue weighted by molar-refractivity contribution is -0.00626. The van der Waals surface area contributed by atoms with E-state index in [9.17, 15) is 5.11 Å². The van der Waals surface area contributed by atoms with Gasteiger partial charge in [0.15, 0.2) is 11.5 Å². The number of phenolic OH excluding ortho intramolecular Hbond substituents is 1. The number of nitrogens with zero attached hydrogens (tertiary/aromatic N) is 2. The number of aromatic nitrogens is 1. The third kappa shape index (κ3) is 3.02. The van der Waals surface area contributed by atoms with Crippen molar-refractivity contribution in [1.82, 2.24) is 4.98 Å². The molecule has 28 heavy (non-hydrogen) atoms. The first-order chi connectivity index (χ1) is 13.5. The summed E-state index contributed by atoms with van der Waals surface area (Å²) in [6.45, 7) is 0. The maximum atomic E-state index is 11.0. The zero-order valence-corrected chi connectivity index (χ0v) is 16.8. The first-order valence-electron chi connectivity index (χ1n) is 9.96. The Hall–Kier alpha value is -2.28. The number of phenols is 1. The summed E-state index contributed by atoms with van der Waals surface area (Å²) in [6, 6.07) is 3.94. The fraction of sp³-hybridized carbons (Fsp3) is 0.524. The molecule has 4 saturated carbocycles. The van der Waals surface area contributed by atoms with Crippen molar-refractivity contribution in [3.63, 3.8) is 0 Å². The van der Waals surface area contributed by atoms with Crippen molar-refractivity contribution >= 4 is 28.5 Å². The number of thiazole rings is 1. The summed E-state index contributed by atoms with van der Waals surface area (Å²) < 4.78 is 5.50. The molecule has 0 unspecified atom stereocenters. The molecule has 1 aromatic heterocycles. The highest BCUT2D eigenvalue weighted by Gasteiger charge is 2.52. The molecular weight excluding hydrogens is 372 g/mol. The van der Waals surface area contributed by atoms with Crippen LogP contribution in [0.5, 0.6) is 11.5 Å². The lowest BCUT2D eigenvalue weighted by Gasteiger charge is -2.57. The Morgan fingerprint density at radius 2 is 1.93 bits per heavy atom. The second-order valence-corrected chi connectivity index (χ2v) is 9.62. The van der Waals surface area contributed by atoms with Crippen molar-refractivity contribution in [3.05, 3.63) is 28.6 Å². The normalized spacial score (nSPS) is 30.8. The molecule has 6 nitrogen and oxygen atoms in total. The highest BCUT2D eigenvalue weighted by atomic mass is 32.1. The summed E-state index contributed by atoms with van der Waals surface area (Å²) in [6.07, 6.45) is 9.44. The summed E-state index contributed by atoms with van der Waals surface area (Å²) in [5.74, 6) is 3.75. The van der Waals surface area contributed by atoms with Crippen LogP contribution < -0.4 is 15.9 Å². The molecule has 0 radical (unpaired) electrons. The van der Waals surface area contributed by atoms with E-state index in [0.717, 1.165) is 28.9 Å². The highest BCUT2D eigenvalue weighted by molar-refractivity contribution is 7.14. The fourth-order valence-electron chi connectivity index (χ4n) is 6.20. The van der Waals surface area contributed by atoms with Crippen LogP contribution in [0.3, 0.4) is 0 Å². The molecule has 7 heteroatoms. The molecule has 0 atom stereocenters. The molecule has 0 spiro atoms. The second-order valence-electron chi connectivity index (χ2n) is 8.76. The zero-order valence-electron chi connectivity index (χ0n) is 16.0. The van der Waals surface area contributed by atoms with Gasteiger partial charge in [-0.15, -0.1) is 11.3 Å². The lowest BCUT2D eigenvalue weighted by Crippen LogP contribution is -2.48. The van der Waals surface area contributed by atoms with Gasteiger partial charge >= 0.3 is 0 Å². The Morgan fingerprint density at radius 3 is 2.50 bits per heavy atom. The van der Waals surface area contributed by atoms with Crippen molar-refractivity contribution in [2.75, 3.05) is 18.3 Å². The van der Waals surface area contributed by atoms with Gasteiger partial charge in [-0.05, 0) is 79.4 Å². The standard InChI is InChI=1S/C21H26N4O2S/c1-27-17-6-15(10-23-25-20-24-18(22)11-28-20)5-16(19(17)26)21-7-12-2-13(8-21)4-14(3-12)9-21/h5-6,10-14,26H,2-4,7-9,22H2,1H3,(H,24,25). The van der Waals surface area contributed by atoms with Crippen LogP contribution in [0.4, 0.5) is 10.9 Å². The molecule has 4 fully saturated rings. The molecule has 0 aliphatic heterocycles. The zero-order chi connectivity index (χ0) is 19.3. The molecule has 4 bridgehead atoms. The average Bonchev–Trinajstić information content (AvgIpc) is 3.06. The molecule has 0 amide bonds. The number of rotatable bonds is 5. The fourth-order valence-corrected chi connectivity index (χ4v) is 6.75. The number of nitrogen functional groups attached to an aromatic ring is 1. The molecular formula is C21H26N4O2S. The third-order valence-corrected chi connectivity index (χ3v) is 7.59. The smallest absolute Gasteiger partial charge is 0.205 e. The number of hydrogen-bond acceptors (Lipinski definition) is 7. The Kier molecular flexibility index (Phi) is 4.23. The number of benzene rings is 1. The molecule has 4 N–H and O–H groups in total. The topological polar surface area (TPSA) is 92.8 Å². The van der Waals surface area contributed by atoms with Gasteiger partial charge in [-0.2, -0.15) is 5.10 Å². The molecule has 1 aromatic carbocycles. The van der Waals surface area contributed by atoms with E-state index in [1.54, 1.807) is 18.7 Å². The minimum atomic E-state index is 0.0904. The van der Waals surface area contributed by atoms with Gasteiger partial charge in [0, 0.05) is 10.9 Å². The second kappa shape index (κ2) is 6.65. The van der Waals surface area contributed by atoms with Crippen molar-refractivity contribution in [2.24, 2.45) is 22.9 Å². The van der Waals surface area contributed by atoms with E-state index >= 15 is 0 Å². The Labute approximate surface area is 168 Å². The molecule has 2 aromatic rings. The van der Waals surface area contributed by atoms with Gasteiger partial charge in [0.05, 0.1) is 13.3 Å². The van der Waals surface area contributed by atoms with E-state index in [2.05, 4.69) is 21.6 Å². The van der Waals surface area contributed by atoms with Gasteiger partial charge in [0.25, 0.3) is 0 Å². The molecule has 148 valence electrons. The van der Waals surface area contributed by atoms with E-state index in [-0.39, 0.29) is 5.41 Å². The highest BCUT2D eigenvalue weighted by Crippen LogP contribution is 2.62. The first kappa shape index (κ1) is 17.8. The van der Waals surface area contributed by atoms with Crippen LogP contribution in [0.25, 0.3) is 0 Å². The van der Waals surface area contributed by atoms with Gasteiger partial charge < -0.3 is 15.6 Å². The first-order valence-corrected chi connectivity index (χ1v) is 10.8. The predicted octanol–water partition coefficient (Wildman–Crippen LogP) is 4.35. The largest absolute Gasteiger partial charge is 0.504 e. The molecule has 4 aliphatic carbocycles. The lowest BCUT2D eigenvalue weighted by atomic mass is 9.48. The van der Waals surface area contributed by atoms with Crippen LogP contribution in [0.2, 0.25) is 0 Å². The minimum absolute atomic E-state index is 0.0904. The van der Waals surface area contributed by atoms with Crippen molar-refractivity contribution in [1.29, 1.82) is 0 Å². The van der Waals surface area contributed by atoms with E-state index in [4.69, 9.17) is 10.5 Å². The number of anilines is 2. The number of nitrogens with two attached hydrogens (primary N) is 1. The Bertz CT molecular complexity index is 888. The summed E-state index contributed by atoms with van der Waals surface area (Å²) in [5, 5.41) is 17.7. The predicted molar refractivity (Wildman–Crippen MR) is 112 cm³/mol. The van der Waals surface area contributed by atoms with Gasteiger partial charge in [-0.1, -0.05) is 0 Å². The van der Waals surface area contributed by atoms with Gasteiger partial charge in [-0.3, -0.25) is 5.43 Å². The summed E-state index contributed by atoms with van der Waals surface area (Å²) in [5.41, 5.74) is 10.6. The monoisotopic (exact) mass is 398 g/mol. The van der Waals surface area contributed by atoms with Crippen LogP contribution in [-0.2, 0) is 5.41 Å². The molecule has 6 rings (SSSR count). The number of hydrazone groups is 1. The van der Waals surface area contributed by atoms with E-state index in [1.165, 1.54) is 49.9 Å². The van der Waals surface area contributed by atoms with Crippen molar-refractivity contribution in [2.45, 2.75) is 43.9 Å². The van der Waals surface area contributed by atoms with Crippen LogP contribution in [-0.4, -0.2) is 23.4 Å². The van der Waals surface area contributed by atoms with E-state index < -0.39 is 0 Å². The molecule has 1 heterocycles. The van der Waals surface area contributed by atoms with Gasteiger partial charge in [0.1, 0.15) is 5.82 Å². The van der Waals surface area contributed by atoms with Gasteiger partial charge in [-0.25, -0.2) is 4.98 Å². The Balaban J connectivity index is 1.47. The number of hydrogen-bond donors (Lipinski definition) is 3. The number of methoxy groups -OCH3 is 1. The van der Waals surface area contributed by atoms with Crippen molar-refractivity contribution < 1.29 is 9.84 Å².